The van der Waals surface area contributed by atoms with Crippen molar-refractivity contribution in [3.8, 4) is 0 Å². The van der Waals surface area contributed by atoms with Gasteiger partial charge in [0.1, 0.15) is 5.01 Å². The minimum atomic E-state index is 0.623. The summed E-state index contributed by atoms with van der Waals surface area (Å²) in [6, 6.07) is 4.24. The Hall–Kier alpha value is -0.920. The van der Waals surface area contributed by atoms with Crippen molar-refractivity contribution >= 4 is 44.6 Å². The first-order valence-corrected chi connectivity index (χ1v) is 9.27. The van der Waals surface area contributed by atoms with Gasteiger partial charge in [-0.1, -0.05) is 0 Å². The molecule has 0 aliphatic heterocycles. The zero-order valence-electron chi connectivity index (χ0n) is 12.1. The Balaban J connectivity index is 1.83. The van der Waals surface area contributed by atoms with Crippen LogP contribution in [-0.4, -0.2) is 24.0 Å². The molecule has 0 bridgehead atoms. The predicted octanol–water partition coefficient (Wildman–Crippen LogP) is 3.57. The van der Waals surface area contributed by atoms with Crippen LogP contribution in [0.3, 0.4) is 0 Å². The summed E-state index contributed by atoms with van der Waals surface area (Å²) < 4.78 is 1.18. The van der Waals surface area contributed by atoms with Gasteiger partial charge in [-0.3, -0.25) is 0 Å². The minimum Gasteiger partial charge on any atom is -0.357 e. The average Bonchev–Trinajstić information content (AvgIpc) is 3.05. The minimum absolute atomic E-state index is 0.623. The van der Waals surface area contributed by atoms with Gasteiger partial charge >= 0.3 is 0 Å². The fraction of sp³-hybridized carbons (Fsp3) is 0.429. The number of aromatic nitrogens is 1. The molecule has 0 spiro atoms. The Kier molecular flexibility index (Phi) is 6.66. The lowest BCUT2D eigenvalue weighted by atomic mass is 10.3. The zero-order chi connectivity index (χ0) is 15.1. The molecule has 114 valence electrons. The van der Waals surface area contributed by atoms with E-state index in [1.165, 1.54) is 13.5 Å². The Morgan fingerprint density at radius 2 is 2.19 bits per heavy atom. The van der Waals surface area contributed by atoms with Crippen molar-refractivity contribution in [3.05, 3.63) is 36.9 Å². The number of hydrogen-bond donors (Lipinski definition) is 2. The van der Waals surface area contributed by atoms with E-state index >= 15 is 0 Å². The first-order chi connectivity index (χ1) is 10.2. The highest BCUT2D eigenvalue weighted by molar-refractivity contribution is 9.11. The number of nitrogens with zero attached hydrogens (tertiary/aromatic N) is 2. The molecule has 2 heterocycles. The summed E-state index contributed by atoms with van der Waals surface area (Å²) >= 11 is 6.95. The molecule has 0 saturated carbocycles. The van der Waals surface area contributed by atoms with Crippen molar-refractivity contribution < 1.29 is 0 Å². The lowest BCUT2D eigenvalue weighted by Gasteiger charge is -2.10. The van der Waals surface area contributed by atoms with Gasteiger partial charge in [-0.05, 0) is 48.3 Å². The molecule has 2 aromatic heterocycles. The molecule has 0 fully saturated rings. The molecule has 4 nitrogen and oxygen atoms in total. The largest absolute Gasteiger partial charge is 0.357 e. The monoisotopic (exact) mass is 386 g/mol. The predicted molar refractivity (Wildman–Crippen MR) is 95.4 cm³/mol. The van der Waals surface area contributed by atoms with E-state index in [9.17, 15) is 0 Å². The number of thiophene rings is 1. The maximum absolute atomic E-state index is 4.57. The maximum atomic E-state index is 4.57. The van der Waals surface area contributed by atoms with E-state index in [-0.39, 0.29) is 0 Å². The molecule has 0 saturated heterocycles. The standard InChI is InChI=1S/C14H19BrN4S2/c1-3-16-14(19-9-13-18-8-10(2)20-13)17-7-6-11-4-5-12(15)21-11/h4-5,8H,3,6-7,9H2,1-2H3,(H2,16,17,19). The van der Waals surface area contributed by atoms with Crippen molar-refractivity contribution in [1.82, 2.24) is 15.6 Å². The molecule has 2 aromatic rings. The smallest absolute Gasteiger partial charge is 0.191 e. The number of aryl methyl sites for hydroxylation is 1. The van der Waals surface area contributed by atoms with Crippen LogP contribution >= 0.6 is 38.6 Å². The van der Waals surface area contributed by atoms with Gasteiger partial charge in [0.2, 0.25) is 0 Å². The fourth-order valence-electron chi connectivity index (χ4n) is 1.75. The molecule has 2 rings (SSSR count). The number of hydrogen-bond acceptors (Lipinski definition) is 4. The van der Waals surface area contributed by atoms with Gasteiger partial charge in [-0.15, -0.1) is 22.7 Å². The van der Waals surface area contributed by atoms with E-state index in [0.29, 0.717) is 6.54 Å². The zero-order valence-corrected chi connectivity index (χ0v) is 15.4. The number of rotatable bonds is 6. The summed E-state index contributed by atoms with van der Waals surface area (Å²) in [6.07, 6.45) is 2.89. The Bertz CT molecular complexity index is 591. The molecule has 21 heavy (non-hydrogen) atoms. The molecule has 0 radical (unpaired) electrons. The maximum Gasteiger partial charge on any atom is 0.191 e. The highest BCUT2D eigenvalue weighted by Gasteiger charge is 2.02. The van der Waals surface area contributed by atoms with Crippen LogP contribution < -0.4 is 10.6 Å². The Labute approximate surface area is 141 Å². The van der Waals surface area contributed by atoms with E-state index in [4.69, 9.17) is 0 Å². The summed E-state index contributed by atoms with van der Waals surface area (Å²) in [7, 11) is 0. The van der Waals surface area contributed by atoms with E-state index < -0.39 is 0 Å². The molecular formula is C14H19BrN4S2. The topological polar surface area (TPSA) is 49.3 Å². The lowest BCUT2D eigenvalue weighted by Crippen LogP contribution is -2.38. The van der Waals surface area contributed by atoms with E-state index in [1.54, 1.807) is 22.7 Å². The fourth-order valence-corrected chi connectivity index (χ4v) is 3.95. The molecule has 0 unspecified atom stereocenters. The van der Waals surface area contributed by atoms with Gasteiger partial charge in [-0.25, -0.2) is 9.98 Å². The SMILES string of the molecule is CCNC(=NCc1ncc(C)s1)NCCc1ccc(Br)s1. The molecule has 0 atom stereocenters. The number of halogens is 1. The normalized spacial score (nSPS) is 11.7. The Morgan fingerprint density at radius 1 is 1.33 bits per heavy atom. The molecule has 7 heteroatoms. The summed E-state index contributed by atoms with van der Waals surface area (Å²) in [6.45, 7) is 6.48. The van der Waals surface area contributed by atoms with Crippen molar-refractivity contribution in [2.75, 3.05) is 13.1 Å². The second-order valence-electron chi connectivity index (χ2n) is 4.44. The third-order valence-electron chi connectivity index (χ3n) is 2.68. The van der Waals surface area contributed by atoms with Gasteiger partial charge in [0.05, 0.1) is 10.3 Å². The number of thiazole rings is 1. The number of nitrogens with one attached hydrogen (secondary N) is 2. The van der Waals surface area contributed by atoms with E-state index in [1.807, 2.05) is 6.20 Å². The number of aliphatic imine (C=N–C) groups is 1. The van der Waals surface area contributed by atoms with Crippen LogP contribution in [-0.2, 0) is 13.0 Å². The van der Waals surface area contributed by atoms with Crippen LogP contribution in [0.25, 0.3) is 0 Å². The van der Waals surface area contributed by atoms with Gasteiger partial charge in [-0.2, -0.15) is 0 Å². The summed E-state index contributed by atoms with van der Waals surface area (Å²) in [5.41, 5.74) is 0. The second kappa shape index (κ2) is 8.51. The van der Waals surface area contributed by atoms with Crippen LogP contribution in [0.5, 0.6) is 0 Å². The summed E-state index contributed by atoms with van der Waals surface area (Å²) in [5.74, 6) is 0.848. The van der Waals surface area contributed by atoms with Gasteiger partial charge in [0.15, 0.2) is 5.96 Å². The average molecular weight is 387 g/mol. The van der Waals surface area contributed by atoms with Crippen molar-refractivity contribution in [2.24, 2.45) is 4.99 Å². The van der Waals surface area contributed by atoms with Crippen LogP contribution in [0, 0.1) is 6.92 Å². The van der Waals surface area contributed by atoms with Gasteiger partial charge in [0.25, 0.3) is 0 Å². The van der Waals surface area contributed by atoms with E-state index in [0.717, 1.165) is 30.5 Å². The third-order valence-corrected chi connectivity index (χ3v) is 5.26. The van der Waals surface area contributed by atoms with E-state index in [2.05, 4.69) is 62.5 Å². The highest BCUT2D eigenvalue weighted by atomic mass is 79.9. The van der Waals surface area contributed by atoms with Gasteiger partial charge in [0, 0.05) is 29.0 Å². The van der Waals surface area contributed by atoms with Crippen LogP contribution in [0.1, 0.15) is 21.7 Å². The highest BCUT2D eigenvalue weighted by Crippen LogP contribution is 2.22. The summed E-state index contributed by atoms with van der Waals surface area (Å²) in [4.78, 5) is 11.5. The third kappa shape index (κ3) is 5.76. The first kappa shape index (κ1) is 16.5. The van der Waals surface area contributed by atoms with Crippen molar-refractivity contribution in [1.29, 1.82) is 0 Å². The van der Waals surface area contributed by atoms with Gasteiger partial charge < -0.3 is 10.6 Å². The van der Waals surface area contributed by atoms with Crippen molar-refractivity contribution in [2.45, 2.75) is 26.8 Å². The molecule has 0 amide bonds. The molecule has 0 aromatic carbocycles. The first-order valence-electron chi connectivity index (χ1n) is 6.85. The summed E-state index contributed by atoms with van der Waals surface area (Å²) in [5, 5.41) is 7.67. The molecule has 0 aliphatic rings. The molecule has 0 aliphatic carbocycles. The van der Waals surface area contributed by atoms with Crippen LogP contribution in [0.4, 0.5) is 0 Å². The molecule has 2 N–H and O–H groups in total. The van der Waals surface area contributed by atoms with Crippen LogP contribution in [0.2, 0.25) is 0 Å². The lowest BCUT2D eigenvalue weighted by molar-refractivity contribution is 0.804. The second-order valence-corrected chi connectivity index (χ2v) is 8.31. The van der Waals surface area contributed by atoms with Crippen LogP contribution in [0.15, 0.2) is 27.1 Å². The Morgan fingerprint density at radius 3 is 2.81 bits per heavy atom. The molecular weight excluding hydrogens is 368 g/mol. The quantitative estimate of drug-likeness (QED) is 0.589. The number of guanidine groups is 1. The van der Waals surface area contributed by atoms with Crippen molar-refractivity contribution in [3.63, 3.8) is 0 Å².